The van der Waals surface area contributed by atoms with Crippen molar-refractivity contribution in [3.05, 3.63) is 34.2 Å². The van der Waals surface area contributed by atoms with Gasteiger partial charge < -0.3 is 9.47 Å². The van der Waals surface area contributed by atoms with E-state index in [1.54, 1.807) is 24.2 Å². The highest BCUT2D eigenvalue weighted by Gasteiger charge is 2.22. The fourth-order valence-electron chi connectivity index (χ4n) is 1.97. The van der Waals surface area contributed by atoms with Crippen LogP contribution in [0.3, 0.4) is 0 Å². The Balaban J connectivity index is 2.18. The van der Waals surface area contributed by atoms with E-state index in [9.17, 15) is 9.59 Å². The zero-order valence-electron chi connectivity index (χ0n) is 9.73. The molecule has 2 heterocycles. The van der Waals surface area contributed by atoms with Gasteiger partial charge in [-0.1, -0.05) is 15.9 Å². The highest BCUT2D eigenvalue weighted by atomic mass is 79.9. The molecule has 1 aromatic heterocycles. The number of aromatic nitrogens is 1. The van der Waals surface area contributed by atoms with Crippen LogP contribution in [-0.4, -0.2) is 33.3 Å². The first-order valence-corrected chi connectivity index (χ1v) is 6.59. The molecular weight excluding hydrogens is 284 g/mol. The van der Waals surface area contributed by atoms with Crippen molar-refractivity contribution < 1.29 is 4.79 Å². The fraction of sp³-hybridized carbons (Fsp3) is 0.500. The van der Waals surface area contributed by atoms with Gasteiger partial charge in [-0.2, -0.15) is 0 Å². The number of carbonyl (C=O) groups is 1. The number of pyridine rings is 1. The minimum atomic E-state index is -0.150. The van der Waals surface area contributed by atoms with Gasteiger partial charge in [-0.05, 0) is 18.9 Å². The largest absolute Gasteiger partial charge is 0.338 e. The summed E-state index contributed by atoms with van der Waals surface area (Å²) < 4.78 is 1.46. The molecule has 0 N–H and O–H groups in total. The maximum Gasteiger partial charge on any atom is 0.254 e. The first kappa shape index (κ1) is 12.4. The molecule has 0 radical (unpaired) electrons. The van der Waals surface area contributed by atoms with Crippen LogP contribution in [0.5, 0.6) is 0 Å². The molecule has 17 heavy (non-hydrogen) atoms. The van der Waals surface area contributed by atoms with Crippen LogP contribution in [0.15, 0.2) is 23.1 Å². The highest BCUT2D eigenvalue weighted by Crippen LogP contribution is 2.18. The summed E-state index contributed by atoms with van der Waals surface area (Å²) in [5, 5.41) is 0. The molecule has 5 heteroatoms. The van der Waals surface area contributed by atoms with E-state index in [-0.39, 0.29) is 11.5 Å². The number of aryl methyl sites for hydroxylation is 1. The first-order valence-electron chi connectivity index (χ1n) is 5.68. The summed E-state index contributed by atoms with van der Waals surface area (Å²) in [7, 11) is 1.67. The lowest BCUT2D eigenvalue weighted by Gasteiger charge is -2.30. The average Bonchev–Trinajstić information content (AvgIpc) is 2.32. The number of nitrogens with zero attached hydrogens (tertiary/aromatic N) is 2. The number of hydrogen-bond acceptors (Lipinski definition) is 2. The summed E-state index contributed by atoms with van der Waals surface area (Å²) in [5.74, 6) is -0.0492. The van der Waals surface area contributed by atoms with E-state index in [0.717, 1.165) is 19.4 Å². The van der Waals surface area contributed by atoms with Gasteiger partial charge in [-0.25, -0.2) is 0 Å². The Morgan fingerprint density at radius 2 is 2.29 bits per heavy atom. The Hall–Kier alpha value is -1.10. The number of halogens is 1. The number of hydrogen-bond donors (Lipinski definition) is 0. The summed E-state index contributed by atoms with van der Waals surface area (Å²) in [4.78, 5) is 25.8. The molecule has 1 aliphatic heterocycles. The van der Waals surface area contributed by atoms with Crippen molar-refractivity contribution in [1.82, 2.24) is 9.47 Å². The molecule has 0 aliphatic carbocycles. The third-order valence-corrected chi connectivity index (χ3v) is 3.75. The van der Waals surface area contributed by atoms with E-state index in [4.69, 9.17) is 0 Å². The lowest BCUT2D eigenvalue weighted by molar-refractivity contribution is 0.0729. The Kier molecular flexibility index (Phi) is 3.66. The minimum absolute atomic E-state index is 0.0492. The van der Waals surface area contributed by atoms with Gasteiger partial charge >= 0.3 is 0 Å². The minimum Gasteiger partial charge on any atom is -0.338 e. The molecule has 4 nitrogen and oxygen atoms in total. The second kappa shape index (κ2) is 5.04. The summed E-state index contributed by atoms with van der Waals surface area (Å²) in [6, 6.07) is 3.10. The van der Waals surface area contributed by atoms with Gasteiger partial charge in [-0.15, -0.1) is 0 Å². The Labute approximate surface area is 108 Å². The molecule has 1 aliphatic rings. The second-order valence-electron chi connectivity index (χ2n) is 4.36. The van der Waals surface area contributed by atoms with Crippen LogP contribution in [0, 0.1) is 0 Å². The quantitative estimate of drug-likeness (QED) is 0.735. The van der Waals surface area contributed by atoms with Crippen molar-refractivity contribution in [2.75, 3.05) is 13.1 Å². The van der Waals surface area contributed by atoms with Gasteiger partial charge in [0.1, 0.15) is 0 Å². The molecule has 1 amide bonds. The number of amides is 1. The van der Waals surface area contributed by atoms with Crippen LogP contribution in [0.2, 0.25) is 0 Å². The smallest absolute Gasteiger partial charge is 0.254 e. The Morgan fingerprint density at radius 3 is 2.94 bits per heavy atom. The Bertz CT molecular complexity index is 484. The lowest BCUT2D eigenvalue weighted by atomic mass is 10.1. The van der Waals surface area contributed by atoms with Crippen molar-refractivity contribution in [3.63, 3.8) is 0 Å². The number of carbonyl (C=O) groups excluding carboxylic acids is 1. The van der Waals surface area contributed by atoms with Gasteiger partial charge in [-0.3, -0.25) is 9.59 Å². The van der Waals surface area contributed by atoms with E-state index < -0.39 is 0 Å². The summed E-state index contributed by atoms with van der Waals surface area (Å²) >= 11 is 3.54. The highest BCUT2D eigenvalue weighted by molar-refractivity contribution is 9.09. The van der Waals surface area contributed by atoms with Crippen molar-refractivity contribution in [2.24, 2.45) is 7.05 Å². The molecule has 1 aromatic rings. The molecule has 0 spiro atoms. The maximum atomic E-state index is 12.2. The molecule has 0 bridgehead atoms. The van der Waals surface area contributed by atoms with Crippen LogP contribution >= 0.6 is 15.9 Å². The zero-order valence-corrected chi connectivity index (χ0v) is 11.3. The summed E-state index contributed by atoms with van der Waals surface area (Å²) in [6.45, 7) is 1.49. The molecule has 92 valence electrons. The van der Waals surface area contributed by atoms with Gasteiger partial charge in [0.2, 0.25) is 0 Å². The number of piperidine rings is 1. The summed E-state index contributed by atoms with van der Waals surface area (Å²) in [5.41, 5.74) is 0.331. The molecular formula is C12H15BrN2O2. The molecule has 1 atom stereocenters. The normalized spacial score (nSPS) is 20.4. The Morgan fingerprint density at radius 1 is 1.53 bits per heavy atom. The predicted octanol–water partition coefficient (Wildman–Crippen LogP) is 1.38. The predicted molar refractivity (Wildman–Crippen MR) is 69.5 cm³/mol. The van der Waals surface area contributed by atoms with Crippen molar-refractivity contribution >= 4 is 21.8 Å². The molecule has 1 unspecified atom stereocenters. The van der Waals surface area contributed by atoms with Crippen molar-refractivity contribution in [1.29, 1.82) is 0 Å². The van der Waals surface area contributed by atoms with Crippen LogP contribution in [0.1, 0.15) is 23.2 Å². The average molecular weight is 299 g/mol. The van der Waals surface area contributed by atoms with Gasteiger partial charge in [0.15, 0.2) is 0 Å². The van der Waals surface area contributed by atoms with E-state index in [1.165, 1.54) is 10.6 Å². The molecule has 0 saturated carbocycles. The zero-order chi connectivity index (χ0) is 12.4. The number of rotatable bonds is 1. The van der Waals surface area contributed by atoms with E-state index >= 15 is 0 Å². The van der Waals surface area contributed by atoms with Crippen LogP contribution in [-0.2, 0) is 7.05 Å². The van der Waals surface area contributed by atoms with Crippen LogP contribution in [0.25, 0.3) is 0 Å². The molecule has 1 saturated heterocycles. The number of likely N-dealkylation sites (tertiary alicyclic amines) is 1. The monoisotopic (exact) mass is 298 g/mol. The lowest BCUT2D eigenvalue weighted by Crippen LogP contribution is -2.40. The van der Waals surface area contributed by atoms with Crippen molar-refractivity contribution in [3.8, 4) is 0 Å². The topological polar surface area (TPSA) is 42.3 Å². The SMILES string of the molecule is Cn1ccc(C(=O)N2CCCC(Br)C2)cc1=O. The van der Waals surface area contributed by atoms with Crippen LogP contribution in [0.4, 0.5) is 0 Å². The van der Waals surface area contributed by atoms with E-state index in [0.29, 0.717) is 16.9 Å². The standard InChI is InChI=1S/C12H15BrN2O2/c1-14-6-4-9(7-11(14)16)12(17)15-5-2-3-10(13)8-15/h4,6-7,10H,2-3,5,8H2,1H3. The van der Waals surface area contributed by atoms with Gasteiger partial charge in [0.25, 0.3) is 11.5 Å². The van der Waals surface area contributed by atoms with Gasteiger partial charge in [0.05, 0.1) is 0 Å². The van der Waals surface area contributed by atoms with Crippen LogP contribution < -0.4 is 5.56 Å². The first-order chi connectivity index (χ1) is 8.08. The van der Waals surface area contributed by atoms with E-state index in [2.05, 4.69) is 15.9 Å². The molecule has 0 aromatic carbocycles. The van der Waals surface area contributed by atoms with Crippen molar-refractivity contribution in [2.45, 2.75) is 17.7 Å². The fourth-order valence-corrected chi connectivity index (χ4v) is 2.65. The maximum absolute atomic E-state index is 12.2. The third kappa shape index (κ3) is 2.77. The van der Waals surface area contributed by atoms with E-state index in [1.807, 2.05) is 0 Å². The third-order valence-electron chi connectivity index (χ3n) is 3.00. The number of alkyl halides is 1. The molecule has 1 fully saturated rings. The molecule has 2 rings (SSSR count). The summed E-state index contributed by atoms with van der Waals surface area (Å²) in [6.07, 6.45) is 3.73. The second-order valence-corrected chi connectivity index (χ2v) is 5.65. The van der Waals surface area contributed by atoms with Gasteiger partial charge in [0, 0.05) is 42.8 Å².